The number of carbonyl (C=O) groups is 5. The maximum Gasteiger partial charge on any atom is 0.303 e. The lowest BCUT2D eigenvalue weighted by atomic mass is 10.0. The standard InChI is InChI=1S/C25H26N2O5.C3H6O2/c26-23(29)15-14-22(28)21(13-17-25(31)32)27-24(30)16-12-20-10-8-19(9-11-20)7-6-18-4-2-1-3-5-18;1-2-3(4)5/h1-5,8-11,21H,12-17H2,(H2,26,29)(H,27,30)(H,31,32);2H2,1H3,(H,4,5)/t21-;/m0./s1. The Balaban J connectivity index is 0.00000124. The number of Topliss-reactive ketones (excluding diaryl/α,β-unsaturated/α-hetero) is 1. The summed E-state index contributed by atoms with van der Waals surface area (Å²) in [7, 11) is 0. The van der Waals surface area contributed by atoms with Crippen LogP contribution >= 0.6 is 0 Å². The van der Waals surface area contributed by atoms with Gasteiger partial charge in [-0.2, -0.15) is 0 Å². The summed E-state index contributed by atoms with van der Waals surface area (Å²) < 4.78 is 0. The number of aryl methyl sites for hydroxylation is 1. The fraction of sp³-hybridized carbons (Fsp3) is 0.321. The smallest absolute Gasteiger partial charge is 0.303 e. The van der Waals surface area contributed by atoms with Gasteiger partial charge in [-0.15, -0.1) is 0 Å². The number of primary amides is 1. The molecule has 0 unspecified atom stereocenters. The number of hydrogen-bond donors (Lipinski definition) is 4. The first-order valence-corrected chi connectivity index (χ1v) is 11.8. The quantitative estimate of drug-likeness (QED) is 0.320. The van der Waals surface area contributed by atoms with Crippen LogP contribution in [0, 0.1) is 11.8 Å². The minimum absolute atomic E-state index is 0.0343. The Morgan fingerprint density at radius 2 is 1.38 bits per heavy atom. The molecule has 0 spiro atoms. The molecule has 0 radical (unpaired) electrons. The topological polar surface area (TPSA) is 164 Å². The van der Waals surface area contributed by atoms with Gasteiger partial charge in [0.1, 0.15) is 0 Å². The van der Waals surface area contributed by atoms with Crippen LogP contribution in [0.5, 0.6) is 0 Å². The molecule has 0 heterocycles. The van der Waals surface area contributed by atoms with Crippen molar-refractivity contribution < 1.29 is 34.2 Å². The average molecular weight is 509 g/mol. The Morgan fingerprint density at radius 3 is 1.89 bits per heavy atom. The maximum atomic E-state index is 12.3. The van der Waals surface area contributed by atoms with Crippen LogP contribution in [-0.2, 0) is 30.4 Å². The highest BCUT2D eigenvalue weighted by molar-refractivity contribution is 5.91. The molecule has 0 aliphatic rings. The number of ketones is 1. The summed E-state index contributed by atoms with van der Waals surface area (Å²) in [4.78, 5) is 55.7. The highest BCUT2D eigenvalue weighted by Gasteiger charge is 2.21. The fourth-order valence-electron chi connectivity index (χ4n) is 2.95. The Morgan fingerprint density at radius 1 is 0.811 bits per heavy atom. The molecule has 0 fully saturated rings. The molecule has 9 nitrogen and oxygen atoms in total. The molecule has 9 heteroatoms. The number of rotatable bonds is 12. The van der Waals surface area contributed by atoms with Crippen LogP contribution in [-0.4, -0.2) is 45.8 Å². The van der Waals surface area contributed by atoms with Crippen molar-refractivity contribution in [3.63, 3.8) is 0 Å². The van der Waals surface area contributed by atoms with Gasteiger partial charge in [-0.25, -0.2) is 0 Å². The van der Waals surface area contributed by atoms with Crippen molar-refractivity contribution in [2.24, 2.45) is 5.73 Å². The molecule has 0 bridgehead atoms. The van der Waals surface area contributed by atoms with Crippen LogP contribution in [0.15, 0.2) is 54.6 Å². The van der Waals surface area contributed by atoms with E-state index >= 15 is 0 Å². The lowest BCUT2D eigenvalue weighted by Crippen LogP contribution is -2.41. The molecule has 0 aliphatic heterocycles. The number of nitrogens with one attached hydrogen (secondary N) is 1. The van der Waals surface area contributed by atoms with E-state index in [0.717, 1.165) is 16.7 Å². The van der Waals surface area contributed by atoms with Crippen molar-refractivity contribution in [1.29, 1.82) is 0 Å². The van der Waals surface area contributed by atoms with Gasteiger partial charge >= 0.3 is 11.9 Å². The predicted molar refractivity (Wildman–Crippen MR) is 137 cm³/mol. The first-order valence-electron chi connectivity index (χ1n) is 11.8. The SMILES string of the molecule is CCC(=O)O.NC(=O)CCC(=O)[C@H](CCC(=O)O)NC(=O)CCc1ccc(C#Cc2ccccc2)cc1. The van der Waals surface area contributed by atoms with Crippen LogP contribution in [0.4, 0.5) is 0 Å². The largest absolute Gasteiger partial charge is 0.481 e. The van der Waals surface area contributed by atoms with Crippen LogP contribution in [0.3, 0.4) is 0 Å². The fourth-order valence-corrected chi connectivity index (χ4v) is 2.95. The molecular weight excluding hydrogens is 476 g/mol. The minimum atomic E-state index is -1.07. The summed E-state index contributed by atoms with van der Waals surface area (Å²) >= 11 is 0. The maximum absolute atomic E-state index is 12.3. The van der Waals surface area contributed by atoms with E-state index in [1.54, 1.807) is 6.92 Å². The molecule has 37 heavy (non-hydrogen) atoms. The van der Waals surface area contributed by atoms with Gasteiger partial charge in [-0.3, -0.25) is 24.0 Å². The molecule has 5 N–H and O–H groups in total. The molecule has 2 rings (SSSR count). The van der Waals surface area contributed by atoms with Gasteiger partial charge in [0.2, 0.25) is 11.8 Å². The van der Waals surface area contributed by atoms with Crippen molar-refractivity contribution in [3.05, 3.63) is 71.3 Å². The third kappa shape index (κ3) is 14.5. The molecule has 0 aromatic heterocycles. The zero-order valence-electron chi connectivity index (χ0n) is 20.7. The summed E-state index contributed by atoms with van der Waals surface area (Å²) in [5.74, 6) is 2.97. The van der Waals surface area contributed by atoms with Gasteiger partial charge in [0.05, 0.1) is 6.04 Å². The highest BCUT2D eigenvalue weighted by atomic mass is 16.4. The molecule has 196 valence electrons. The van der Waals surface area contributed by atoms with E-state index in [0.29, 0.717) is 6.42 Å². The van der Waals surface area contributed by atoms with E-state index < -0.39 is 29.7 Å². The summed E-state index contributed by atoms with van der Waals surface area (Å²) in [6.07, 6.45) is 0.246. The molecule has 1 atom stereocenters. The van der Waals surface area contributed by atoms with Crippen LogP contribution in [0.1, 0.15) is 62.1 Å². The molecule has 2 aromatic carbocycles. The van der Waals surface area contributed by atoms with Crippen molar-refractivity contribution in [3.8, 4) is 11.8 Å². The Hall–Kier alpha value is -4.45. The average Bonchev–Trinajstić information content (AvgIpc) is 2.88. The van der Waals surface area contributed by atoms with E-state index in [-0.39, 0.29) is 44.4 Å². The van der Waals surface area contributed by atoms with Gasteiger partial charge in [0.15, 0.2) is 5.78 Å². The molecular formula is C28H32N2O7. The predicted octanol–water partition coefficient (Wildman–Crippen LogP) is 2.68. The summed E-state index contributed by atoms with van der Waals surface area (Å²) in [5.41, 5.74) is 7.78. The van der Waals surface area contributed by atoms with Gasteiger partial charge < -0.3 is 21.3 Å². The minimum Gasteiger partial charge on any atom is -0.481 e. The summed E-state index contributed by atoms with van der Waals surface area (Å²) in [6.45, 7) is 1.60. The number of aliphatic carboxylic acids is 2. The summed E-state index contributed by atoms with van der Waals surface area (Å²) in [6, 6.07) is 16.2. The number of nitrogens with two attached hydrogens (primary N) is 1. The number of hydrogen-bond acceptors (Lipinski definition) is 5. The third-order valence-corrected chi connectivity index (χ3v) is 5.01. The van der Waals surface area contributed by atoms with E-state index in [4.69, 9.17) is 15.9 Å². The molecule has 0 aliphatic carbocycles. The molecule has 2 aromatic rings. The third-order valence-electron chi connectivity index (χ3n) is 5.01. The lowest BCUT2D eigenvalue weighted by molar-refractivity contribution is -0.138. The second-order valence-corrected chi connectivity index (χ2v) is 8.05. The molecule has 0 saturated heterocycles. The van der Waals surface area contributed by atoms with Crippen molar-refractivity contribution in [2.45, 2.75) is 57.9 Å². The number of amides is 2. The number of carboxylic acid groups (broad SMARTS) is 2. The van der Waals surface area contributed by atoms with E-state index in [9.17, 15) is 24.0 Å². The molecule has 2 amide bonds. The number of carboxylic acids is 2. The van der Waals surface area contributed by atoms with Crippen molar-refractivity contribution >= 4 is 29.5 Å². The van der Waals surface area contributed by atoms with Crippen LogP contribution in [0.25, 0.3) is 0 Å². The molecule has 0 saturated carbocycles. The highest BCUT2D eigenvalue weighted by Crippen LogP contribution is 2.09. The Kier molecular flexibility index (Phi) is 14.1. The first-order chi connectivity index (χ1) is 17.6. The second-order valence-electron chi connectivity index (χ2n) is 8.05. The van der Waals surface area contributed by atoms with Crippen molar-refractivity contribution in [1.82, 2.24) is 5.32 Å². The Labute approximate surface area is 216 Å². The lowest BCUT2D eigenvalue weighted by Gasteiger charge is -2.17. The zero-order chi connectivity index (χ0) is 27.6. The van der Waals surface area contributed by atoms with Gasteiger partial charge in [-0.05, 0) is 42.7 Å². The number of carbonyl (C=O) groups excluding carboxylic acids is 3. The van der Waals surface area contributed by atoms with Crippen LogP contribution < -0.4 is 11.1 Å². The zero-order valence-corrected chi connectivity index (χ0v) is 20.7. The van der Waals surface area contributed by atoms with Crippen LogP contribution in [0.2, 0.25) is 0 Å². The van der Waals surface area contributed by atoms with Gasteiger partial charge in [-0.1, -0.05) is 49.1 Å². The van der Waals surface area contributed by atoms with Crippen molar-refractivity contribution in [2.75, 3.05) is 0 Å². The van der Waals surface area contributed by atoms with E-state index in [1.165, 1.54) is 0 Å². The second kappa shape index (κ2) is 17.1. The normalized spacial score (nSPS) is 10.5. The van der Waals surface area contributed by atoms with E-state index in [1.807, 2.05) is 54.6 Å². The first kappa shape index (κ1) is 30.6. The van der Waals surface area contributed by atoms with Gasteiger partial charge in [0, 0.05) is 43.2 Å². The van der Waals surface area contributed by atoms with Gasteiger partial charge in [0.25, 0.3) is 0 Å². The van der Waals surface area contributed by atoms with E-state index in [2.05, 4.69) is 17.2 Å². The summed E-state index contributed by atoms with van der Waals surface area (Å²) in [5, 5.41) is 19.2. The Bertz CT molecular complexity index is 1120. The monoisotopic (exact) mass is 508 g/mol. The number of benzene rings is 2.